The van der Waals surface area contributed by atoms with E-state index in [1.807, 2.05) is 0 Å². The number of halogens is 3. The molecule has 0 aromatic heterocycles. The molecule has 1 rings (SSSR count). The van der Waals surface area contributed by atoms with Gasteiger partial charge >= 0.3 is 12.1 Å². The number of rotatable bonds is 4. The summed E-state index contributed by atoms with van der Waals surface area (Å²) in [7, 11) is 1.23. The fraction of sp³-hybridized carbons (Fsp3) is 0.700. The first kappa shape index (κ1) is 15.3. The van der Waals surface area contributed by atoms with Gasteiger partial charge in [0.25, 0.3) is 0 Å². The van der Waals surface area contributed by atoms with Crippen molar-refractivity contribution in [1.82, 2.24) is 9.80 Å². The number of carboxylic acid groups (broad SMARTS) is 1. The first-order valence-corrected chi connectivity index (χ1v) is 5.41. The molecule has 0 bridgehead atoms. The fourth-order valence-corrected chi connectivity index (χ4v) is 1.90. The Kier molecular flexibility index (Phi) is 4.38. The monoisotopic (exact) mass is 282 g/mol. The van der Waals surface area contributed by atoms with Crippen LogP contribution in [0.2, 0.25) is 0 Å². The quantitative estimate of drug-likeness (QED) is 0.783. The van der Waals surface area contributed by atoms with Crippen LogP contribution in [0.4, 0.5) is 13.2 Å². The van der Waals surface area contributed by atoms with Crippen LogP contribution in [0.25, 0.3) is 0 Å². The van der Waals surface area contributed by atoms with Crippen LogP contribution in [0.3, 0.4) is 0 Å². The molecule has 0 spiro atoms. The van der Waals surface area contributed by atoms with Crippen molar-refractivity contribution in [3.63, 3.8) is 0 Å². The van der Waals surface area contributed by atoms with Crippen molar-refractivity contribution in [2.75, 3.05) is 26.7 Å². The number of alkyl halides is 3. The van der Waals surface area contributed by atoms with Crippen molar-refractivity contribution in [2.24, 2.45) is 5.92 Å². The lowest BCUT2D eigenvalue weighted by atomic mass is 10.1. The van der Waals surface area contributed by atoms with Crippen LogP contribution < -0.4 is 0 Å². The fourth-order valence-electron chi connectivity index (χ4n) is 1.90. The summed E-state index contributed by atoms with van der Waals surface area (Å²) in [6, 6.07) is 0. The van der Waals surface area contributed by atoms with E-state index in [4.69, 9.17) is 5.11 Å². The van der Waals surface area contributed by atoms with E-state index in [1.54, 1.807) is 0 Å². The zero-order valence-corrected chi connectivity index (χ0v) is 10.1. The maximum absolute atomic E-state index is 12.2. The third kappa shape index (κ3) is 4.42. The highest BCUT2D eigenvalue weighted by molar-refractivity contribution is 5.90. The van der Waals surface area contributed by atoms with Crippen molar-refractivity contribution >= 4 is 17.8 Å². The molecular formula is C10H13F3N2O4. The van der Waals surface area contributed by atoms with Crippen molar-refractivity contribution in [1.29, 1.82) is 0 Å². The molecule has 1 heterocycles. The van der Waals surface area contributed by atoms with Gasteiger partial charge in [0.2, 0.25) is 11.8 Å². The summed E-state index contributed by atoms with van der Waals surface area (Å²) in [4.78, 5) is 35.0. The van der Waals surface area contributed by atoms with Gasteiger partial charge in [0, 0.05) is 20.0 Å². The third-order valence-electron chi connectivity index (χ3n) is 2.68. The molecule has 1 aliphatic heterocycles. The number of likely N-dealkylation sites (N-methyl/N-ethyl adjacent to an activating group) is 1. The summed E-state index contributed by atoms with van der Waals surface area (Å²) in [5, 5.41) is 8.51. The molecule has 0 aromatic carbocycles. The molecule has 2 amide bonds. The largest absolute Gasteiger partial charge is 0.480 e. The zero-order valence-electron chi connectivity index (χ0n) is 10.1. The zero-order chi connectivity index (χ0) is 14.8. The molecule has 0 radical (unpaired) electrons. The van der Waals surface area contributed by atoms with Gasteiger partial charge in [0.05, 0.1) is 5.92 Å². The number of aliphatic carboxylic acids is 1. The van der Waals surface area contributed by atoms with E-state index in [2.05, 4.69) is 0 Å². The van der Waals surface area contributed by atoms with Gasteiger partial charge in [-0.05, 0) is 0 Å². The van der Waals surface area contributed by atoms with Crippen LogP contribution in [0.15, 0.2) is 0 Å². The number of likely N-dealkylation sites (tertiary alicyclic amines) is 1. The second-order valence-corrected chi connectivity index (χ2v) is 4.38. The average molecular weight is 282 g/mol. The molecule has 1 fully saturated rings. The molecule has 0 aliphatic carbocycles. The van der Waals surface area contributed by atoms with Crippen LogP contribution in [0, 0.1) is 5.92 Å². The van der Waals surface area contributed by atoms with E-state index >= 15 is 0 Å². The first-order chi connectivity index (χ1) is 8.60. The highest BCUT2D eigenvalue weighted by atomic mass is 19.4. The second-order valence-electron chi connectivity index (χ2n) is 4.38. The van der Waals surface area contributed by atoms with Crippen molar-refractivity contribution in [3.8, 4) is 0 Å². The molecule has 9 heteroatoms. The maximum atomic E-state index is 12.2. The average Bonchev–Trinajstić information content (AvgIpc) is 2.55. The van der Waals surface area contributed by atoms with Crippen LogP contribution >= 0.6 is 0 Å². The summed E-state index contributed by atoms with van der Waals surface area (Å²) in [5.41, 5.74) is 0. The SMILES string of the molecule is CN(CC(=O)O)C(=O)C1CC(=O)N(CC(F)(F)F)C1. The summed E-state index contributed by atoms with van der Waals surface area (Å²) in [5.74, 6) is -3.54. The van der Waals surface area contributed by atoms with E-state index in [1.165, 1.54) is 7.05 Å². The summed E-state index contributed by atoms with van der Waals surface area (Å²) < 4.78 is 36.5. The van der Waals surface area contributed by atoms with Gasteiger partial charge in [-0.3, -0.25) is 14.4 Å². The summed E-state index contributed by atoms with van der Waals surface area (Å²) in [6.07, 6.45) is -4.83. The number of hydrogen-bond donors (Lipinski definition) is 1. The third-order valence-corrected chi connectivity index (χ3v) is 2.68. The Hall–Kier alpha value is -1.80. The van der Waals surface area contributed by atoms with E-state index in [0.717, 1.165) is 4.90 Å². The smallest absolute Gasteiger partial charge is 0.406 e. The summed E-state index contributed by atoms with van der Waals surface area (Å²) >= 11 is 0. The van der Waals surface area contributed by atoms with Crippen molar-refractivity contribution in [2.45, 2.75) is 12.6 Å². The molecular weight excluding hydrogens is 269 g/mol. The lowest BCUT2D eigenvalue weighted by molar-refractivity contribution is -0.157. The Labute approximate surface area is 106 Å². The number of carboxylic acids is 1. The molecule has 6 nitrogen and oxygen atoms in total. The lowest BCUT2D eigenvalue weighted by Gasteiger charge is -2.20. The Morgan fingerprint density at radius 3 is 2.53 bits per heavy atom. The van der Waals surface area contributed by atoms with Gasteiger partial charge < -0.3 is 14.9 Å². The first-order valence-electron chi connectivity index (χ1n) is 5.41. The molecule has 1 saturated heterocycles. The highest BCUT2D eigenvalue weighted by Gasteiger charge is 2.41. The minimum Gasteiger partial charge on any atom is -0.480 e. The van der Waals surface area contributed by atoms with Crippen LogP contribution in [0.1, 0.15) is 6.42 Å². The molecule has 1 atom stereocenters. The number of carbonyl (C=O) groups is 3. The molecule has 19 heavy (non-hydrogen) atoms. The van der Waals surface area contributed by atoms with Gasteiger partial charge in [0.15, 0.2) is 0 Å². The van der Waals surface area contributed by atoms with Gasteiger partial charge in [-0.15, -0.1) is 0 Å². The van der Waals surface area contributed by atoms with Gasteiger partial charge in [-0.1, -0.05) is 0 Å². The van der Waals surface area contributed by atoms with E-state index in [0.29, 0.717) is 4.90 Å². The second kappa shape index (κ2) is 5.45. The number of carbonyl (C=O) groups excluding carboxylic acids is 2. The summed E-state index contributed by atoms with van der Waals surface area (Å²) in [6.45, 7) is -2.28. The maximum Gasteiger partial charge on any atom is 0.406 e. The lowest BCUT2D eigenvalue weighted by Crippen LogP contribution is -2.39. The van der Waals surface area contributed by atoms with Crippen LogP contribution in [-0.4, -0.2) is 65.5 Å². The topological polar surface area (TPSA) is 77.9 Å². The van der Waals surface area contributed by atoms with E-state index in [-0.39, 0.29) is 13.0 Å². The van der Waals surface area contributed by atoms with Crippen LogP contribution in [-0.2, 0) is 14.4 Å². The predicted molar refractivity (Wildman–Crippen MR) is 56.0 cm³/mol. The normalized spacial score (nSPS) is 19.7. The van der Waals surface area contributed by atoms with Gasteiger partial charge in [-0.2, -0.15) is 13.2 Å². The van der Waals surface area contributed by atoms with E-state index < -0.39 is 43.0 Å². The molecule has 108 valence electrons. The molecule has 0 saturated carbocycles. The molecule has 1 aliphatic rings. The highest BCUT2D eigenvalue weighted by Crippen LogP contribution is 2.24. The van der Waals surface area contributed by atoms with E-state index in [9.17, 15) is 27.6 Å². The Bertz CT molecular complexity index is 397. The van der Waals surface area contributed by atoms with Crippen molar-refractivity contribution in [3.05, 3.63) is 0 Å². The Morgan fingerprint density at radius 1 is 1.47 bits per heavy atom. The number of amides is 2. The standard InChI is InChI=1S/C10H13F3N2O4/c1-14(4-8(17)18)9(19)6-2-7(16)15(3-6)5-10(11,12)13/h6H,2-5H2,1H3,(H,17,18). The minimum atomic E-state index is -4.51. The Balaban J connectivity index is 2.61. The minimum absolute atomic E-state index is 0.321. The number of hydrogen-bond acceptors (Lipinski definition) is 3. The number of nitrogens with zero attached hydrogens (tertiary/aromatic N) is 2. The van der Waals surface area contributed by atoms with Gasteiger partial charge in [0.1, 0.15) is 13.1 Å². The van der Waals surface area contributed by atoms with Crippen molar-refractivity contribution < 1.29 is 32.7 Å². The molecule has 1 N–H and O–H groups in total. The predicted octanol–water partition coefficient (Wildman–Crippen LogP) is -0.0598. The molecule has 0 aromatic rings. The van der Waals surface area contributed by atoms with Gasteiger partial charge in [-0.25, -0.2) is 0 Å². The van der Waals surface area contributed by atoms with Crippen LogP contribution in [0.5, 0.6) is 0 Å². The molecule has 1 unspecified atom stereocenters. The Morgan fingerprint density at radius 2 is 2.05 bits per heavy atom.